The van der Waals surface area contributed by atoms with Crippen molar-refractivity contribution < 1.29 is 4.74 Å². The summed E-state index contributed by atoms with van der Waals surface area (Å²) in [4.78, 5) is 4.65. The van der Waals surface area contributed by atoms with Crippen LogP contribution in [0.4, 0.5) is 0 Å². The van der Waals surface area contributed by atoms with Crippen molar-refractivity contribution in [2.24, 2.45) is 0 Å². The maximum Gasteiger partial charge on any atom is 0.0707 e. The third-order valence-electron chi connectivity index (χ3n) is 3.72. The SMILES string of the molecule is CN(C)CCCN(C)CC1CCC(CNC(C)(C)C)O1. The molecule has 0 aliphatic carbocycles. The van der Waals surface area contributed by atoms with E-state index >= 15 is 0 Å². The average molecular weight is 285 g/mol. The second-order valence-corrected chi connectivity index (χ2v) is 7.51. The number of ether oxygens (including phenoxy) is 1. The van der Waals surface area contributed by atoms with Gasteiger partial charge in [-0.25, -0.2) is 0 Å². The lowest BCUT2D eigenvalue weighted by molar-refractivity contribution is 0.0249. The summed E-state index contributed by atoms with van der Waals surface area (Å²) in [5, 5.41) is 3.54. The van der Waals surface area contributed by atoms with Gasteiger partial charge in [-0.2, -0.15) is 0 Å². The highest BCUT2D eigenvalue weighted by Gasteiger charge is 2.26. The molecule has 0 aromatic heterocycles. The zero-order chi connectivity index (χ0) is 15.2. The molecule has 0 aromatic carbocycles. The smallest absolute Gasteiger partial charge is 0.0707 e. The Morgan fingerprint density at radius 3 is 2.30 bits per heavy atom. The van der Waals surface area contributed by atoms with E-state index in [-0.39, 0.29) is 5.54 Å². The van der Waals surface area contributed by atoms with E-state index in [2.05, 4.69) is 57.0 Å². The van der Waals surface area contributed by atoms with Gasteiger partial charge < -0.3 is 19.9 Å². The molecule has 1 saturated heterocycles. The molecule has 1 aliphatic rings. The van der Waals surface area contributed by atoms with Crippen molar-refractivity contribution in [2.45, 2.75) is 57.8 Å². The number of hydrogen-bond acceptors (Lipinski definition) is 4. The summed E-state index contributed by atoms with van der Waals surface area (Å²) < 4.78 is 6.14. The lowest BCUT2D eigenvalue weighted by Crippen LogP contribution is -2.41. The molecule has 0 spiro atoms. The molecule has 1 rings (SSSR count). The van der Waals surface area contributed by atoms with Gasteiger partial charge in [-0.3, -0.25) is 0 Å². The van der Waals surface area contributed by atoms with Crippen LogP contribution in [0.15, 0.2) is 0 Å². The van der Waals surface area contributed by atoms with Crippen LogP contribution in [-0.4, -0.2) is 74.9 Å². The summed E-state index contributed by atoms with van der Waals surface area (Å²) in [5.41, 5.74) is 0.185. The summed E-state index contributed by atoms with van der Waals surface area (Å²) in [6, 6.07) is 0. The third-order valence-corrected chi connectivity index (χ3v) is 3.72. The Labute approximate surface area is 125 Å². The second kappa shape index (κ2) is 8.32. The van der Waals surface area contributed by atoms with E-state index in [1.165, 1.54) is 19.3 Å². The molecule has 1 aliphatic heterocycles. The Balaban J connectivity index is 2.14. The Morgan fingerprint density at radius 2 is 1.70 bits per heavy atom. The predicted octanol–water partition coefficient (Wildman–Crippen LogP) is 1.81. The van der Waals surface area contributed by atoms with E-state index in [1.807, 2.05) is 0 Å². The number of nitrogens with one attached hydrogen (secondary N) is 1. The summed E-state index contributed by atoms with van der Waals surface area (Å²) in [6.45, 7) is 11.0. The van der Waals surface area contributed by atoms with Gasteiger partial charge in [-0.15, -0.1) is 0 Å². The first kappa shape index (κ1) is 17.9. The lowest BCUT2D eigenvalue weighted by atomic mass is 10.1. The molecule has 0 aromatic rings. The average Bonchev–Trinajstić information content (AvgIpc) is 2.72. The van der Waals surface area contributed by atoms with Crippen molar-refractivity contribution in [2.75, 3.05) is 47.3 Å². The van der Waals surface area contributed by atoms with Gasteiger partial charge in [0, 0.05) is 18.6 Å². The molecule has 1 N–H and O–H groups in total. The molecule has 0 amide bonds. The minimum absolute atomic E-state index is 0.185. The molecule has 4 heteroatoms. The molecular formula is C16H35N3O. The van der Waals surface area contributed by atoms with Crippen LogP contribution in [0.3, 0.4) is 0 Å². The van der Waals surface area contributed by atoms with E-state index in [0.717, 1.165) is 26.2 Å². The largest absolute Gasteiger partial charge is 0.372 e. The normalized spacial score (nSPS) is 24.0. The van der Waals surface area contributed by atoms with Gasteiger partial charge in [0.05, 0.1) is 12.2 Å². The molecular weight excluding hydrogens is 250 g/mol. The monoisotopic (exact) mass is 285 g/mol. The van der Waals surface area contributed by atoms with E-state index in [1.54, 1.807) is 0 Å². The Hall–Kier alpha value is -0.160. The van der Waals surface area contributed by atoms with Crippen molar-refractivity contribution in [3.63, 3.8) is 0 Å². The third kappa shape index (κ3) is 8.20. The van der Waals surface area contributed by atoms with Crippen molar-refractivity contribution in [3.05, 3.63) is 0 Å². The molecule has 0 bridgehead atoms. The van der Waals surface area contributed by atoms with E-state index in [9.17, 15) is 0 Å². The van der Waals surface area contributed by atoms with Crippen LogP contribution in [0, 0.1) is 0 Å². The molecule has 2 atom stereocenters. The standard InChI is InChI=1S/C16H35N3O/c1-16(2,3)17-12-14-8-9-15(20-14)13-19(6)11-7-10-18(4)5/h14-15,17H,7-13H2,1-6H3. The molecule has 1 fully saturated rings. The summed E-state index contributed by atoms with van der Waals surface area (Å²) in [6.07, 6.45) is 4.44. The topological polar surface area (TPSA) is 27.7 Å². The molecule has 1 heterocycles. The molecule has 4 nitrogen and oxygen atoms in total. The summed E-state index contributed by atoms with van der Waals surface area (Å²) >= 11 is 0. The van der Waals surface area contributed by atoms with Crippen molar-refractivity contribution in [1.82, 2.24) is 15.1 Å². The van der Waals surface area contributed by atoms with Gasteiger partial charge in [0.15, 0.2) is 0 Å². The highest BCUT2D eigenvalue weighted by Crippen LogP contribution is 2.20. The highest BCUT2D eigenvalue weighted by molar-refractivity contribution is 4.80. The second-order valence-electron chi connectivity index (χ2n) is 7.51. The zero-order valence-corrected chi connectivity index (χ0v) is 14.4. The first-order chi connectivity index (χ1) is 9.26. The first-order valence-corrected chi connectivity index (χ1v) is 8.00. The Bertz CT molecular complexity index is 263. The number of hydrogen-bond donors (Lipinski definition) is 1. The van der Waals surface area contributed by atoms with Crippen LogP contribution < -0.4 is 5.32 Å². The van der Waals surface area contributed by atoms with Gasteiger partial charge in [0.2, 0.25) is 0 Å². The van der Waals surface area contributed by atoms with Crippen LogP contribution in [-0.2, 0) is 4.74 Å². The number of rotatable bonds is 8. The minimum Gasteiger partial charge on any atom is -0.372 e. The van der Waals surface area contributed by atoms with E-state index in [4.69, 9.17) is 4.74 Å². The van der Waals surface area contributed by atoms with Crippen LogP contribution in [0.25, 0.3) is 0 Å². The van der Waals surface area contributed by atoms with Crippen LogP contribution in [0.5, 0.6) is 0 Å². The maximum atomic E-state index is 6.14. The Kier molecular flexibility index (Phi) is 7.45. The van der Waals surface area contributed by atoms with Gasteiger partial charge in [0.25, 0.3) is 0 Å². The quantitative estimate of drug-likeness (QED) is 0.736. The van der Waals surface area contributed by atoms with Gasteiger partial charge in [-0.05, 0) is 74.3 Å². The van der Waals surface area contributed by atoms with Gasteiger partial charge in [0.1, 0.15) is 0 Å². The first-order valence-electron chi connectivity index (χ1n) is 8.00. The van der Waals surface area contributed by atoms with E-state index < -0.39 is 0 Å². The van der Waals surface area contributed by atoms with Crippen molar-refractivity contribution in [1.29, 1.82) is 0 Å². The predicted molar refractivity (Wildman–Crippen MR) is 86.3 cm³/mol. The highest BCUT2D eigenvalue weighted by atomic mass is 16.5. The van der Waals surface area contributed by atoms with Crippen LogP contribution in [0.1, 0.15) is 40.0 Å². The fourth-order valence-corrected chi connectivity index (χ4v) is 2.58. The van der Waals surface area contributed by atoms with Crippen molar-refractivity contribution >= 4 is 0 Å². The van der Waals surface area contributed by atoms with Crippen LogP contribution >= 0.6 is 0 Å². The van der Waals surface area contributed by atoms with Gasteiger partial charge in [-0.1, -0.05) is 0 Å². The Morgan fingerprint density at radius 1 is 1.05 bits per heavy atom. The van der Waals surface area contributed by atoms with Crippen LogP contribution in [0.2, 0.25) is 0 Å². The van der Waals surface area contributed by atoms with E-state index in [0.29, 0.717) is 12.2 Å². The van der Waals surface area contributed by atoms with Gasteiger partial charge >= 0.3 is 0 Å². The molecule has 20 heavy (non-hydrogen) atoms. The zero-order valence-electron chi connectivity index (χ0n) is 14.4. The van der Waals surface area contributed by atoms with Crippen molar-refractivity contribution in [3.8, 4) is 0 Å². The number of nitrogens with zero attached hydrogens (tertiary/aromatic N) is 2. The molecule has 120 valence electrons. The fraction of sp³-hybridized carbons (Fsp3) is 1.00. The molecule has 0 radical (unpaired) electrons. The fourth-order valence-electron chi connectivity index (χ4n) is 2.58. The summed E-state index contributed by atoms with van der Waals surface area (Å²) in [7, 11) is 6.47. The minimum atomic E-state index is 0.185. The lowest BCUT2D eigenvalue weighted by Gasteiger charge is -2.24. The maximum absolute atomic E-state index is 6.14. The summed E-state index contributed by atoms with van der Waals surface area (Å²) in [5.74, 6) is 0. The molecule has 0 saturated carbocycles. The number of likely N-dealkylation sites (N-methyl/N-ethyl adjacent to an activating group) is 1. The molecule has 2 unspecified atom stereocenters.